The Morgan fingerprint density at radius 1 is 1.36 bits per heavy atom. The molecule has 0 aliphatic heterocycles. The molecule has 4 rings (SSSR count). The minimum atomic E-state index is -1.52. The van der Waals surface area contributed by atoms with Crippen LogP contribution in [-0.4, -0.2) is 45.2 Å². The summed E-state index contributed by atoms with van der Waals surface area (Å²) in [6, 6.07) is 0. The van der Waals surface area contributed by atoms with Crippen molar-refractivity contribution in [3.63, 3.8) is 0 Å². The second-order valence-corrected chi connectivity index (χ2v) is 8.56. The van der Waals surface area contributed by atoms with Crippen LogP contribution < -0.4 is 0 Å². The number of fused-ring (bicyclic) bond motifs is 5. The SMILES string of the molecule is C[C@]12CCC(=O)C=C1C=C[C@@H]1C2[C@@H](O)CC2[C@H]1CC[C@]2(O)C(=O)CO. The Kier molecular flexibility index (Phi) is 3.84. The van der Waals surface area contributed by atoms with Crippen LogP contribution in [-0.2, 0) is 9.59 Å². The number of carbonyl (C=O) groups is 2. The number of aliphatic hydroxyl groups is 3. The van der Waals surface area contributed by atoms with Crippen LogP contribution in [0, 0.1) is 29.1 Å². The van der Waals surface area contributed by atoms with Crippen molar-refractivity contribution in [1.29, 1.82) is 0 Å². The zero-order valence-electron chi connectivity index (χ0n) is 14.5. The van der Waals surface area contributed by atoms with Gasteiger partial charge in [0.2, 0.25) is 0 Å². The Labute approximate surface area is 147 Å². The Balaban J connectivity index is 1.73. The van der Waals surface area contributed by atoms with Crippen molar-refractivity contribution in [2.75, 3.05) is 6.61 Å². The van der Waals surface area contributed by atoms with Crippen LogP contribution in [0.2, 0.25) is 0 Å². The standard InChI is InChI=1S/C20H26O5/c1-19-6-4-12(22)8-11(19)2-3-14-13-5-7-20(25,17(24)10-21)15(13)9-16(23)18(14)19/h2-3,8,13-16,18,21,23,25H,4-7,9-10H2,1H3/t13-,14-,15?,16-,18?,19-,20+/m0/s1. The van der Waals surface area contributed by atoms with Crippen LogP contribution in [0.3, 0.4) is 0 Å². The number of hydrogen-bond acceptors (Lipinski definition) is 5. The number of hydrogen-bond donors (Lipinski definition) is 3. The van der Waals surface area contributed by atoms with Gasteiger partial charge in [-0.25, -0.2) is 0 Å². The van der Waals surface area contributed by atoms with Crippen molar-refractivity contribution in [2.24, 2.45) is 29.1 Å². The van der Waals surface area contributed by atoms with Gasteiger partial charge in [-0.3, -0.25) is 9.59 Å². The van der Waals surface area contributed by atoms with Gasteiger partial charge >= 0.3 is 0 Å². The Morgan fingerprint density at radius 3 is 2.84 bits per heavy atom. The maximum atomic E-state index is 12.1. The quantitative estimate of drug-likeness (QED) is 0.698. The summed E-state index contributed by atoms with van der Waals surface area (Å²) in [5, 5.41) is 31.1. The third kappa shape index (κ3) is 2.25. The van der Waals surface area contributed by atoms with Gasteiger partial charge in [-0.1, -0.05) is 19.1 Å². The predicted octanol–water partition coefficient (Wildman–Crippen LogP) is 1.17. The predicted molar refractivity (Wildman–Crippen MR) is 90.4 cm³/mol. The molecule has 0 spiro atoms. The first-order valence-electron chi connectivity index (χ1n) is 9.29. The van der Waals surface area contributed by atoms with Crippen molar-refractivity contribution >= 4 is 11.6 Å². The van der Waals surface area contributed by atoms with E-state index in [9.17, 15) is 24.9 Å². The Morgan fingerprint density at radius 2 is 2.12 bits per heavy atom. The van der Waals surface area contributed by atoms with Gasteiger partial charge in [-0.05, 0) is 54.6 Å². The summed E-state index contributed by atoms with van der Waals surface area (Å²) < 4.78 is 0. The van der Waals surface area contributed by atoms with E-state index in [2.05, 4.69) is 13.0 Å². The fraction of sp³-hybridized carbons (Fsp3) is 0.700. The molecule has 4 aliphatic carbocycles. The molecule has 25 heavy (non-hydrogen) atoms. The number of allylic oxidation sites excluding steroid dienone is 4. The fourth-order valence-electron chi connectivity index (χ4n) is 6.23. The molecule has 0 amide bonds. The van der Waals surface area contributed by atoms with Crippen molar-refractivity contribution in [1.82, 2.24) is 0 Å². The van der Waals surface area contributed by atoms with Gasteiger partial charge in [0, 0.05) is 18.3 Å². The van der Waals surface area contributed by atoms with Crippen LogP contribution in [0.4, 0.5) is 0 Å². The monoisotopic (exact) mass is 346 g/mol. The molecular weight excluding hydrogens is 320 g/mol. The average Bonchev–Trinajstić information content (AvgIpc) is 2.92. The summed E-state index contributed by atoms with van der Waals surface area (Å²) in [6.45, 7) is 1.47. The van der Waals surface area contributed by atoms with Crippen LogP contribution in [0.5, 0.6) is 0 Å². The summed E-state index contributed by atoms with van der Waals surface area (Å²) in [6.07, 6.45) is 7.86. The van der Waals surface area contributed by atoms with Crippen LogP contribution in [0.1, 0.15) is 39.0 Å². The molecule has 0 aromatic carbocycles. The van der Waals surface area contributed by atoms with Crippen LogP contribution in [0.15, 0.2) is 23.8 Å². The summed E-state index contributed by atoms with van der Waals surface area (Å²) in [4.78, 5) is 23.9. The van der Waals surface area contributed by atoms with Crippen LogP contribution >= 0.6 is 0 Å². The summed E-state index contributed by atoms with van der Waals surface area (Å²) in [5.41, 5.74) is -0.750. The summed E-state index contributed by atoms with van der Waals surface area (Å²) in [7, 11) is 0. The zero-order valence-corrected chi connectivity index (χ0v) is 14.5. The third-order valence-corrected chi connectivity index (χ3v) is 7.53. The molecule has 4 aliphatic rings. The van der Waals surface area contributed by atoms with E-state index in [0.29, 0.717) is 19.3 Å². The van der Waals surface area contributed by atoms with Gasteiger partial charge in [0.05, 0.1) is 6.10 Å². The van der Waals surface area contributed by atoms with E-state index in [1.807, 2.05) is 6.08 Å². The number of rotatable bonds is 2. The molecule has 0 aromatic heterocycles. The molecule has 0 bridgehead atoms. The molecular formula is C20H26O5. The molecule has 136 valence electrons. The lowest BCUT2D eigenvalue weighted by Crippen LogP contribution is -2.56. The highest BCUT2D eigenvalue weighted by Gasteiger charge is 2.61. The fourth-order valence-corrected chi connectivity index (χ4v) is 6.23. The van der Waals surface area contributed by atoms with Crippen molar-refractivity contribution in [3.05, 3.63) is 23.8 Å². The lowest BCUT2D eigenvalue weighted by atomic mass is 9.50. The van der Waals surface area contributed by atoms with E-state index in [0.717, 1.165) is 18.4 Å². The van der Waals surface area contributed by atoms with Gasteiger partial charge in [-0.2, -0.15) is 0 Å². The number of aliphatic hydroxyl groups excluding tert-OH is 2. The molecule has 0 heterocycles. The van der Waals surface area contributed by atoms with Gasteiger partial charge in [0.25, 0.3) is 0 Å². The number of ketones is 2. The lowest BCUT2D eigenvalue weighted by molar-refractivity contribution is -0.153. The summed E-state index contributed by atoms with van der Waals surface area (Å²) in [5.74, 6) is -0.481. The second-order valence-electron chi connectivity index (χ2n) is 8.56. The van der Waals surface area contributed by atoms with E-state index >= 15 is 0 Å². The second kappa shape index (κ2) is 5.60. The minimum absolute atomic E-state index is 0.00433. The molecule has 5 nitrogen and oxygen atoms in total. The van der Waals surface area contributed by atoms with Gasteiger partial charge in [0.1, 0.15) is 12.2 Å². The van der Waals surface area contributed by atoms with Gasteiger partial charge in [0.15, 0.2) is 11.6 Å². The highest BCUT2D eigenvalue weighted by atomic mass is 16.3. The number of carbonyl (C=O) groups excluding carboxylic acids is 2. The highest BCUT2D eigenvalue weighted by molar-refractivity contribution is 5.92. The molecule has 5 heteroatoms. The largest absolute Gasteiger partial charge is 0.393 e. The average molecular weight is 346 g/mol. The smallest absolute Gasteiger partial charge is 0.189 e. The lowest BCUT2D eigenvalue weighted by Gasteiger charge is -2.55. The van der Waals surface area contributed by atoms with E-state index in [4.69, 9.17) is 0 Å². The van der Waals surface area contributed by atoms with Gasteiger partial charge < -0.3 is 15.3 Å². The molecule has 0 aromatic rings. The first kappa shape index (κ1) is 17.1. The molecule has 2 fully saturated rings. The Bertz CT molecular complexity index is 680. The molecule has 3 N–H and O–H groups in total. The zero-order chi connectivity index (χ0) is 18.0. The Hall–Kier alpha value is -1.30. The third-order valence-electron chi connectivity index (χ3n) is 7.53. The van der Waals surface area contributed by atoms with Crippen molar-refractivity contribution < 1.29 is 24.9 Å². The first-order valence-corrected chi connectivity index (χ1v) is 9.29. The minimum Gasteiger partial charge on any atom is -0.393 e. The van der Waals surface area contributed by atoms with Crippen molar-refractivity contribution in [2.45, 2.75) is 50.7 Å². The van der Waals surface area contributed by atoms with Crippen LogP contribution in [0.25, 0.3) is 0 Å². The maximum Gasteiger partial charge on any atom is 0.189 e. The number of Topliss-reactive ketones (excluding diaryl/α,β-unsaturated/α-hetero) is 1. The molecule has 7 atom stereocenters. The normalized spacial score (nSPS) is 48.4. The van der Waals surface area contributed by atoms with E-state index in [1.165, 1.54) is 0 Å². The molecule has 0 radical (unpaired) electrons. The van der Waals surface area contributed by atoms with Gasteiger partial charge in [-0.15, -0.1) is 0 Å². The topological polar surface area (TPSA) is 94.8 Å². The maximum absolute atomic E-state index is 12.1. The molecule has 0 saturated heterocycles. The van der Waals surface area contributed by atoms with Crippen molar-refractivity contribution in [3.8, 4) is 0 Å². The highest BCUT2D eigenvalue weighted by Crippen LogP contribution is 2.61. The molecule has 2 unspecified atom stereocenters. The van der Waals surface area contributed by atoms with E-state index in [-0.39, 0.29) is 34.9 Å². The first-order chi connectivity index (χ1) is 11.8. The molecule has 2 saturated carbocycles. The van der Waals surface area contributed by atoms with E-state index in [1.54, 1.807) is 6.08 Å². The van der Waals surface area contributed by atoms with E-state index < -0.39 is 24.1 Å². The summed E-state index contributed by atoms with van der Waals surface area (Å²) >= 11 is 0.